The van der Waals surface area contributed by atoms with Gasteiger partial charge >= 0.3 is 0 Å². The van der Waals surface area contributed by atoms with Crippen LogP contribution in [0.1, 0.15) is 0 Å². The van der Waals surface area contributed by atoms with Crippen LogP contribution in [0, 0.1) is 0 Å². The van der Waals surface area contributed by atoms with Gasteiger partial charge in [-0.3, -0.25) is 0 Å². The van der Waals surface area contributed by atoms with E-state index in [2.05, 4.69) is 20.3 Å². The quantitative estimate of drug-likeness (QED) is 0.574. The third-order valence-corrected chi connectivity index (χ3v) is 2.48. The molecule has 0 aliphatic carbocycles. The molecule has 7 heteroatoms. The van der Waals surface area contributed by atoms with E-state index in [1.807, 2.05) is 30.3 Å². The Balaban J connectivity index is 2.05. The van der Waals surface area contributed by atoms with Crippen molar-refractivity contribution in [3.63, 3.8) is 0 Å². The molecule has 0 spiro atoms. The van der Waals surface area contributed by atoms with Crippen LogP contribution in [0.2, 0.25) is 0 Å². The Morgan fingerprint density at radius 2 is 1.89 bits per heavy atom. The minimum atomic E-state index is 0.294. The molecule has 0 saturated carbocycles. The number of fused-ring (bicyclic) bond motifs is 1. The number of hydrogen-bond donors (Lipinski definition) is 3. The summed E-state index contributed by atoms with van der Waals surface area (Å²) in [7, 11) is 0. The number of aromatic nitrogens is 4. The van der Waals surface area contributed by atoms with Crippen LogP contribution < -0.4 is 16.9 Å². The summed E-state index contributed by atoms with van der Waals surface area (Å²) in [5, 5.41) is 3.06. The highest BCUT2D eigenvalue weighted by Crippen LogP contribution is 2.19. The van der Waals surface area contributed by atoms with Gasteiger partial charge in [0.1, 0.15) is 6.33 Å². The van der Waals surface area contributed by atoms with E-state index in [0.717, 1.165) is 5.69 Å². The number of rotatable bonds is 2. The van der Waals surface area contributed by atoms with Crippen molar-refractivity contribution in [3.05, 3.63) is 36.7 Å². The number of para-hydroxylation sites is 1. The van der Waals surface area contributed by atoms with Gasteiger partial charge in [-0.05, 0) is 12.1 Å². The van der Waals surface area contributed by atoms with E-state index >= 15 is 0 Å². The second-order valence-electron chi connectivity index (χ2n) is 3.75. The highest BCUT2D eigenvalue weighted by Gasteiger charge is 2.09. The number of anilines is 3. The summed E-state index contributed by atoms with van der Waals surface area (Å²) in [4.78, 5) is 12.4. The lowest BCUT2D eigenvalue weighted by atomic mass is 10.3. The smallest absolute Gasteiger partial charge is 0.231 e. The number of nitrogens with one attached hydrogen (secondary N) is 1. The van der Waals surface area contributed by atoms with E-state index in [1.165, 1.54) is 11.0 Å². The van der Waals surface area contributed by atoms with Gasteiger partial charge in [0.25, 0.3) is 0 Å². The van der Waals surface area contributed by atoms with Gasteiger partial charge in [-0.2, -0.15) is 9.97 Å². The molecule has 0 radical (unpaired) electrons. The predicted molar refractivity (Wildman–Crippen MR) is 69.6 cm³/mol. The lowest BCUT2D eigenvalue weighted by molar-refractivity contribution is 1.01. The van der Waals surface area contributed by atoms with E-state index < -0.39 is 0 Å². The van der Waals surface area contributed by atoms with Crippen molar-refractivity contribution in [2.45, 2.75) is 0 Å². The fraction of sp³-hybridized carbons (Fsp3) is 0. The van der Waals surface area contributed by atoms with Crippen molar-refractivity contribution in [1.82, 2.24) is 19.6 Å². The maximum atomic E-state index is 5.80. The Hall–Kier alpha value is -2.83. The van der Waals surface area contributed by atoms with Gasteiger partial charge in [-0.15, -0.1) is 0 Å². The second-order valence-corrected chi connectivity index (χ2v) is 3.75. The summed E-state index contributed by atoms with van der Waals surface area (Å²) in [6, 6.07) is 9.57. The molecule has 18 heavy (non-hydrogen) atoms. The summed E-state index contributed by atoms with van der Waals surface area (Å²) in [5.74, 6) is 6.37. The van der Waals surface area contributed by atoms with Crippen molar-refractivity contribution in [2.75, 3.05) is 16.9 Å². The average molecular weight is 241 g/mol. The summed E-state index contributed by atoms with van der Waals surface area (Å²) in [6.07, 6.45) is 1.45. The first-order valence-corrected chi connectivity index (χ1v) is 5.32. The predicted octanol–water partition coefficient (Wildman–Crippen LogP) is 0.866. The molecule has 0 saturated heterocycles. The van der Waals surface area contributed by atoms with Gasteiger partial charge in [0, 0.05) is 5.69 Å². The molecule has 3 aromatic rings. The second kappa shape index (κ2) is 3.88. The summed E-state index contributed by atoms with van der Waals surface area (Å²) >= 11 is 0. The Morgan fingerprint density at radius 1 is 1.11 bits per heavy atom. The fourth-order valence-corrected chi connectivity index (χ4v) is 1.64. The van der Waals surface area contributed by atoms with E-state index in [-0.39, 0.29) is 0 Å². The van der Waals surface area contributed by atoms with Gasteiger partial charge in [0.2, 0.25) is 5.95 Å². The zero-order valence-corrected chi connectivity index (χ0v) is 9.41. The van der Waals surface area contributed by atoms with Crippen LogP contribution in [-0.2, 0) is 0 Å². The SMILES string of the molecule is Nc1nc(Nc2ccccc2)nc2c1ncn2N. The zero-order chi connectivity index (χ0) is 12.5. The summed E-state index contributed by atoms with van der Waals surface area (Å²) < 4.78 is 1.31. The number of nitrogens with two attached hydrogens (primary N) is 2. The first kappa shape index (κ1) is 10.3. The molecule has 90 valence electrons. The molecule has 2 aromatic heterocycles. The minimum absolute atomic E-state index is 0.294. The summed E-state index contributed by atoms with van der Waals surface area (Å²) in [6.45, 7) is 0. The van der Waals surface area contributed by atoms with Crippen LogP contribution in [0.25, 0.3) is 11.2 Å². The normalized spacial score (nSPS) is 10.7. The molecule has 5 N–H and O–H groups in total. The molecule has 3 rings (SSSR count). The van der Waals surface area contributed by atoms with Gasteiger partial charge in [0.15, 0.2) is 17.0 Å². The van der Waals surface area contributed by atoms with E-state index in [4.69, 9.17) is 11.6 Å². The molecular weight excluding hydrogens is 230 g/mol. The van der Waals surface area contributed by atoms with Gasteiger partial charge in [0.05, 0.1) is 0 Å². The van der Waals surface area contributed by atoms with Crippen molar-refractivity contribution in [1.29, 1.82) is 0 Å². The third kappa shape index (κ3) is 1.67. The molecule has 0 fully saturated rings. The largest absolute Gasteiger partial charge is 0.382 e. The molecule has 0 unspecified atom stereocenters. The van der Waals surface area contributed by atoms with Crippen LogP contribution in [0.4, 0.5) is 17.5 Å². The molecule has 0 aliphatic rings. The molecule has 0 amide bonds. The van der Waals surface area contributed by atoms with E-state index in [9.17, 15) is 0 Å². The number of benzene rings is 1. The minimum Gasteiger partial charge on any atom is -0.382 e. The monoisotopic (exact) mass is 241 g/mol. The van der Waals surface area contributed by atoms with Crippen molar-refractivity contribution >= 4 is 28.6 Å². The maximum Gasteiger partial charge on any atom is 0.231 e. The zero-order valence-electron chi connectivity index (χ0n) is 9.41. The van der Waals surface area contributed by atoms with Crippen LogP contribution in [0.3, 0.4) is 0 Å². The van der Waals surface area contributed by atoms with Crippen molar-refractivity contribution < 1.29 is 0 Å². The van der Waals surface area contributed by atoms with Crippen molar-refractivity contribution in [2.24, 2.45) is 0 Å². The standard InChI is InChI=1S/C11H11N7/c12-9-8-10(18(13)6-14-8)17-11(16-9)15-7-4-2-1-3-5-7/h1-6H,13H2,(H3,12,15,16,17). The molecule has 0 atom stereocenters. The maximum absolute atomic E-state index is 5.80. The number of hydrogen-bond acceptors (Lipinski definition) is 6. The van der Waals surface area contributed by atoms with E-state index in [1.54, 1.807) is 0 Å². The Bertz CT molecular complexity index is 689. The van der Waals surface area contributed by atoms with E-state index in [0.29, 0.717) is 22.9 Å². The third-order valence-electron chi connectivity index (χ3n) is 2.48. The average Bonchev–Trinajstić information content (AvgIpc) is 2.73. The van der Waals surface area contributed by atoms with Gasteiger partial charge in [-0.25, -0.2) is 9.66 Å². The lowest BCUT2D eigenvalue weighted by Gasteiger charge is -2.05. The Labute approximate surface area is 102 Å². The van der Waals surface area contributed by atoms with Crippen LogP contribution in [0.15, 0.2) is 36.7 Å². The van der Waals surface area contributed by atoms with Crippen LogP contribution in [-0.4, -0.2) is 19.6 Å². The topological polar surface area (TPSA) is 108 Å². The highest BCUT2D eigenvalue weighted by atomic mass is 15.3. The Kier molecular flexibility index (Phi) is 2.23. The molecule has 0 aliphatic heterocycles. The number of nitrogens with zero attached hydrogens (tertiary/aromatic N) is 4. The number of imidazole rings is 1. The first-order valence-electron chi connectivity index (χ1n) is 5.32. The number of nitrogen functional groups attached to an aromatic ring is 2. The van der Waals surface area contributed by atoms with Crippen LogP contribution in [0.5, 0.6) is 0 Å². The highest BCUT2D eigenvalue weighted by molar-refractivity contribution is 5.83. The summed E-state index contributed by atoms with van der Waals surface area (Å²) in [5.41, 5.74) is 7.66. The molecule has 1 aromatic carbocycles. The molecule has 2 heterocycles. The fourth-order valence-electron chi connectivity index (χ4n) is 1.64. The molecule has 0 bridgehead atoms. The lowest BCUT2D eigenvalue weighted by Crippen LogP contribution is -2.09. The molecule has 7 nitrogen and oxygen atoms in total. The van der Waals surface area contributed by atoms with Crippen LogP contribution >= 0.6 is 0 Å². The first-order chi connectivity index (χ1) is 8.74. The van der Waals surface area contributed by atoms with Crippen molar-refractivity contribution in [3.8, 4) is 0 Å². The van der Waals surface area contributed by atoms with Gasteiger partial charge in [-0.1, -0.05) is 18.2 Å². The Morgan fingerprint density at radius 3 is 2.67 bits per heavy atom. The van der Waals surface area contributed by atoms with Gasteiger partial charge < -0.3 is 16.9 Å². The molecular formula is C11H11N7.